The fraction of sp³-hybridized carbons (Fsp3) is 0.400. The van der Waals surface area contributed by atoms with E-state index in [9.17, 15) is 4.79 Å². The topological polar surface area (TPSA) is 32.3 Å². The Balaban J connectivity index is 2.00. The van der Waals surface area contributed by atoms with Crippen molar-refractivity contribution >= 4 is 23.6 Å². The highest BCUT2D eigenvalue weighted by molar-refractivity contribution is 6.31. The van der Waals surface area contributed by atoms with Gasteiger partial charge in [0.1, 0.15) is 0 Å². The minimum Gasteiger partial charge on any atom is -0.338 e. The number of nitrogens with zero attached hydrogens (tertiary/aromatic N) is 1. The second-order valence-corrected chi connectivity index (χ2v) is 5.18. The molecule has 0 bridgehead atoms. The van der Waals surface area contributed by atoms with Crippen LogP contribution in [0.5, 0.6) is 0 Å². The highest BCUT2D eigenvalue weighted by Gasteiger charge is 2.12. The van der Waals surface area contributed by atoms with E-state index < -0.39 is 0 Å². The molecule has 0 saturated carbocycles. The maximum Gasteiger partial charge on any atom is 0.246 e. The lowest BCUT2D eigenvalue weighted by molar-refractivity contribution is -0.125. The number of aryl methyl sites for hydroxylation is 1. The van der Waals surface area contributed by atoms with Crippen LogP contribution >= 0.6 is 11.6 Å². The van der Waals surface area contributed by atoms with E-state index in [1.54, 1.807) is 6.08 Å². The number of amides is 1. The molecule has 0 aliphatic carbocycles. The van der Waals surface area contributed by atoms with Crippen molar-refractivity contribution in [3.05, 3.63) is 40.4 Å². The van der Waals surface area contributed by atoms with Crippen LogP contribution in [0, 0.1) is 6.92 Å². The molecular formula is C15H19ClN2O. The van der Waals surface area contributed by atoms with Gasteiger partial charge in [-0.25, -0.2) is 0 Å². The Hall–Kier alpha value is -1.32. The summed E-state index contributed by atoms with van der Waals surface area (Å²) in [4.78, 5) is 13.9. The van der Waals surface area contributed by atoms with Crippen molar-refractivity contribution in [2.45, 2.75) is 13.3 Å². The van der Waals surface area contributed by atoms with Gasteiger partial charge in [-0.2, -0.15) is 0 Å². The van der Waals surface area contributed by atoms with Crippen LogP contribution in [0.1, 0.15) is 17.5 Å². The molecule has 1 aliphatic heterocycles. The van der Waals surface area contributed by atoms with Gasteiger partial charge in [0, 0.05) is 30.7 Å². The Morgan fingerprint density at radius 2 is 2.21 bits per heavy atom. The molecule has 3 nitrogen and oxygen atoms in total. The largest absolute Gasteiger partial charge is 0.338 e. The monoisotopic (exact) mass is 278 g/mol. The summed E-state index contributed by atoms with van der Waals surface area (Å²) in [6.07, 6.45) is 4.47. The molecular weight excluding hydrogens is 260 g/mol. The maximum absolute atomic E-state index is 12.1. The van der Waals surface area contributed by atoms with Crippen molar-refractivity contribution in [3.8, 4) is 0 Å². The molecule has 1 fully saturated rings. The Labute approximate surface area is 119 Å². The molecule has 0 spiro atoms. The Morgan fingerprint density at radius 1 is 1.37 bits per heavy atom. The van der Waals surface area contributed by atoms with E-state index in [1.165, 1.54) is 0 Å². The van der Waals surface area contributed by atoms with Crippen LogP contribution in [-0.4, -0.2) is 37.0 Å². The molecule has 1 aromatic carbocycles. The summed E-state index contributed by atoms with van der Waals surface area (Å²) in [7, 11) is 0. The lowest BCUT2D eigenvalue weighted by Gasteiger charge is -2.17. The van der Waals surface area contributed by atoms with Crippen LogP contribution in [0.3, 0.4) is 0 Å². The molecule has 4 heteroatoms. The van der Waals surface area contributed by atoms with E-state index in [0.717, 1.165) is 48.7 Å². The van der Waals surface area contributed by atoms with E-state index in [1.807, 2.05) is 36.1 Å². The van der Waals surface area contributed by atoms with Gasteiger partial charge in [0.25, 0.3) is 0 Å². The van der Waals surface area contributed by atoms with E-state index in [0.29, 0.717) is 0 Å². The second-order valence-electron chi connectivity index (χ2n) is 4.77. The third-order valence-electron chi connectivity index (χ3n) is 3.27. The highest BCUT2D eigenvalue weighted by Crippen LogP contribution is 2.17. The standard InChI is InChI=1S/C15H19ClN2O/c1-12-3-4-13(11-14(12)16)5-6-15(19)18-9-2-7-17-8-10-18/h3-6,11,17H,2,7-10H2,1H3/b6-5+. The predicted molar refractivity (Wildman–Crippen MR) is 79.3 cm³/mol. The van der Waals surface area contributed by atoms with Crippen molar-refractivity contribution < 1.29 is 4.79 Å². The van der Waals surface area contributed by atoms with Gasteiger partial charge >= 0.3 is 0 Å². The Bertz CT molecular complexity index is 477. The van der Waals surface area contributed by atoms with Gasteiger partial charge in [0.2, 0.25) is 5.91 Å². The number of hydrogen-bond donors (Lipinski definition) is 1. The zero-order valence-electron chi connectivity index (χ0n) is 11.2. The molecule has 2 rings (SSSR count). The average molecular weight is 279 g/mol. The average Bonchev–Trinajstić information content (AvgIpc) is 2.69. The lowest BCUT2D eigenvalue weighted by Crippen LogP contribution is -2.32. The number of halogens is 1. The fourth-order valence-corrected chi connectivity index (χ4v) is 2.24. The SMILES string of the molecule is Cc1ccc(/C=C/C(=O)N2CCCNCC2)cc1Cl. The Morgan fingerprint density at radius 3 is 3.00 bits per heavy atom. The number of hydrogen-bond acceptors (Lipinski definition) is 2. The number of nitrogens with one attached hydrogen (secondary N) is 1. The van der Waals surface area contributed by atoms with Crippen LogP contribution in [0.25, 0.3) is 6.08 Å². The fourth-order valence-electron chi connectivity index (χ4n) is 2.05. The molecule has 1 heterocycles. The van der Waals surface area contributed by atoms with Crippen molar-refractivity contribution in [1.29, 1.82) is 0 Å². The molecule has 0 unspecified atom stereocenters. The van der Waals surface area contributed by atoms with E-state index in [4.69, 9.17) is 11.6 Å². The first-order valence-corrected chi connectivity index (χ1v) is 6.98. The summed E-state index contributed by atoms with van der Waals surface area (Å²) >= 11 is 6.06. The number of carbonyl (C=O) groups excluding carboxylic acids is 1. The van der Waals surface area contributed by atoms with Crippen molar-refractivity contribution in [2.24, 2.45) is 0 Å². The maximum atomic E-state index is 12.1. The van der Waals surface area contributed by atoms with Gasteiger partial charge in [-0.05, 0) is 43.2 Å². The van der Waals surface area contributed by atoms with Gasteiger partial charge < -0.3 is 10.2 Å². The summed E-state index contributed by atoms with van der Waals surface area (Å²) in [6, 6.07) is 5.81. The molecule has 1 N–H and O–H groups in total. The zero-order valence-corrected chi connectivity index (χ0v) is 11.9. The molecule has 1 aliphatic rings. The van der Waals surface area contributed by atoms with Crippen LogP contribution < -0.4 is 5.32 Å². The highest BCUT2D eigenvalue weighted by atomic mass is 35.5. The van der Waals surface area contributed by atoms with E-state index in [-0.39, 0.29) is 5.91 Å². The third kappa shape index (κ3) is 4.08. The van der Waals surface area contributed by atoms with Gasteiger partial charge in [0.15, 0.2) is 0 Å². The van der Waals surface area contributed by atoms with Crippen molar-refractivity contribution in [1.82, 2.24) is 10.2 Å². The van der Waals surface area contributed by atoms with Crippen molar-refractivity contribution in [2.75, 3.05) is 26.2 Å². The minimum absolute atomic E-state index is 0.0698. The first-order valence-electron chi connectivity index (χ1n) is 6.60. The summed E-state index contributed by atoms with van der Waals surface area (Å²) < 4.78 is 0. The molecule has 0 aromatic heterocycles. The minimum atomic E-state index is 0.0698. The summed E-state index contributed by atoms with van der Waals surface area (Å²) in [5.41, 5.74) is 2.00. The van der Waals surface area contributed by atoms with Crippen LogP contribution in [0.15, 0.2) is 24.3 Å². The molecule has 102 valence electrons. The molecule has 1 aromatic rings. The van der Waals surface area contributed by atoms with Crippen LogP contribution in [0.2, 0.25) is 5.02 Å². The van der Waals surface area contributed by atoms with Gasteiger partial charge in [-0.1, -0.05) is 23.7 Å². The van der Waals surface area contributed by atoms with Crippen molar-refractivity contribution in [3.63, 3.8) is 0 Å². The Kier molecular flexibility index (Phi) is 5.00. The second kappa shape index (κ2) is 6.73. The predicted octanol–water partition coefficient (Wildman–Crippen LogP) is 2.48. The van der Waals surface area contributed by atoms with E-state index >= 15 is 0 Å². The quantitative estimate of drug-likeness (QED) is 0.843. The smallest absolute Gasteiger partial charge is 0.246 e. The summed E-state index contributed by atoms with van der Waals surface area (Å²) in [5, 5.41) is 4.01. The third-order valence-corrected chi connectivity index (χ3v) is 3.67. The summed E-state index contributed by atoms with van der Waals surface area (Å²) in [6.45, 7) is 5.42. The molecule has 0 atom stereocenters. The molecule has 1 amide bonds. The number of benzene rings is 1. The lowest BCUT2D eigenvalue weighted by atomic mass is 10.1. The molecule has 0 radical (unpaired) electrons. The normalized spacial score (nSPS) is 16.6. The van der Waals surface area contributed by atoms with Gasteiger partial charge in [0.05, 0.1) is 0 Å². The number of carbonyl (C=O) groups is 1. The number of rotatable bonds is 2. The van der Waals surface area contributed by atoms with Crippen LogP contribution in [-0.2, 0) is 4.79 Å². The zero-order chi connectivity index (χ0) is 13.7. The van der Waals surface area contributed by atoms with Gasteiger partial charge in [-0.15, -0.1) is 0 Å². The first-order chi connectivity index (χ1) is 9.16. The molecule has 1 saturated heterocycles. The molecule has 19 heavy (non-hydrogen) atoms. The van der Waals surface area contributed by atoms with E-state index in [2.05, 4.69) is 5.32 Å². The first kappa shape index (κ1) is 14.1. The van der Waals surface area contributed by atoms with Gasteiger partial charge in [-0.3, -0.25) is 4.79 Å². The van der Waals surface area contributed by atoms with Crippen LogP contribution in [0.4, 0.5) is 0 Å². The summed E-state index contributed by atoms with van der Waals surface area (Å²) in [5.74, 6) is 0.0698.